The van der Waals surface area contributed by atoms with Gasteiger partial charge >= 0.3 is 0 Å². The summed E-state index contributed by atoms with van der Waals surface area (Å²) in [6.07, 6.45) is 0. The van der Waals surface area contributed by atoms with Crippen LogP contribution in [0.2, 0.25) is 0 Å². The first-order valence-electron chi connectivity index (χ1n) is 10.1. The second kappa shape index (κ2) is 9.59. The molecule has 2 aromatic rings. The topological polar surface area (TPSA) is 95.1 Å². The number of benzene rings is 2. The smallest absolute Gasteiger partial charge is 0.252 e. The number of carbonyl (C=O) groups excluding carboxylic acids is 2. The Morgan fingerprint density at radius 1 is 0.903 bits per heavy atom. The third kappa shape index (κ3) is 5.20. The standard InChI is InChI=1S/C23H28N2O6/c1-13(2)21(25-22(26)16-8-17(28-4)11-18(9-16)29-5)23(27)24-14(3)15-6-7-19-20(10-15)31-12-30-19/h6-11,13-14,21H,12H2,1-5H3,(H,24,27)(H,25,26). The van der Waals surface area contributed by atoms with E-state index < -0.39 is 6.04 Å². The Balaban J connectivity index is 1.71. The predicted octanol–water partition coefficient (Wildman–Crippen LogP) is 3.06. The van der Waals surface area contributed by atoms with Crippen LogP contribution in [0.4, 0.5) is 0 Å². The lowest BCUT2D eigenvalue weighted by Gasteiger charge is -2.24. The van der Waals surface area contributed by atoms with Crippen LogP contribution in [0.15, 0.2) is 36.4 Å². The Morgan fingerprint density at radius 3 is 2.16 bits per heavy atom. The minimum atomic E-state index is -0.721. The van der Waals surface area contributed by atoms with Crippen molar-refractivity contribution in [1.29, 1.82) is 0 Å². The molecule has 2 amide bonds. The summed E-state index contributed by atoms with van der Waals surface area (Å²) in [6.45, 7) is 5.82. The molecule has 0 aromatic heterocycles. The maximum absolute atomic E-state index is 13.0. The number of methoxy groups -OCH3 is 2. The average Bonchev–Trinajstić information content (AvgIpc) is 3.24. The van der Waals surface area contributed by atoms with Crippen LogP contribution in [0, 0.1) is 5.92 Å². The zero-order valence-electron chi connectivity index (χ0n) is 18.4. The molecule has 2 N–H and O–H groups in total. The first-order valence-corrected chi connectivity index (χ1v) is 10.1. The molecule has 2 unspecified atom stereocenters. The van der Waals surface area contributed by atoms with Gasteiger partial charge in [-0.15, -0.1) is 0 Å². The van der Waals surface area contributed by atoms with Crippen molar-refractivity contribution in [2.24, 2.45) is 5.92 Å². The fourth-order valence-corrected chi connectivity index (χ4v) is 3.27. The molecule has 1 aliphatic rings. The molecule has 8 heteroatoms. The SMILES string of the molecule is COc1cc(OC)cc(C(=O)NC(C(=O)NC(C)c2ccc3c(c2)OCO3)C(C)C)c1. The Bertz CT molecular complexity index is 937. The van der Waals surface area contributed by atoms with Gasteiger partial charge in [0, 0.05) is 11.6 Å². The highest BCUT2D eigenvalue weighted by Gasteiger charge is 2.27. The van der Waals surface area contributed by atoms with Gasteiger partial charge in [-0.2, -0.15) is 0 Å². The quantitative estimate of drug-likeness (QED) is 0.671. The van der Waals surface area contributed by atoms with Crippen molar-refractivity contribution in [3.63, 3.8) is 0 Å². The van der Waals surface area contributed by atoms with Crippen LogP contribution in [0.3, 0.4) is 0 Å². The fraction of sp³-hybridized carbons (Fsp3) is 0.391. The first kappa shape index (κ1) is 22.3. The van der Waals surface area contributed by atoms with Crippen molar-refractivity contribution < 1.29 is 28.5 Å². The van der Waals surface area contributed by atoms with Crippen LogP contribution in [-0.2, 0) is 4.79 Å². The normalized spacial score (nSPS) is 14.0. The first-order chi connectivity index (χ1) is 14.8. The van der Waals surface area contributed by atoms with Gasteiger partial charge in [-0.1, -0.05) is 19.9 Å². The van der Waals surface area contributed by atoms with Gasteiger partial charge < -0.3 is 29.6 Å². The van der Waals surface area contributed by atoms with Gasteiger partial charge in [0.1, 0.15) is 17.5 Å². The maximum Gasteiger partial charge on any atom is 0.252 e. The summed E-state index contributed by atoms with van der Waals surface area (Å²) in [5, 5.41) is 5.80. The zero-order valence-corrected chi connectivity index (χ0v) is 18.4. The fourth-order valence-electron chi connectivity index (χ4n) is 3.27. The lowest BCUT2D eigenvalue weighted by molar-refractivity contribution is -0.124. The van der Waals surface area contributed by atoms with E-state index >= 15 is 0 Å². The van der Waals surface area contributed by atoms with Gasteiger partial charge in [-0.25, -0.2) is 0 Å². The van der Waals surface area contributed by atoms with Gasteiger partial charge in [-0.3, -0.25) is 9.59 Å². The average molecular weight is 428 g/mol. The van der Waals surface area contributed by atoms with Gasteiger partial charge in [0.15, 0.2) is 11.5 Å². The van der Waals surface area contributed by atoms with E-state index in [1.165, 1.54) is 14.2 Å². The summed E-state index contributed by atoms with van der Waals surface area (Å²) in [6, 6.07) is 9.42. The molecule has 1 aliphatic heterocycles. The Labute approximate surface area is 181 Å². The number of rotatable bonds is 8. The number of carbonyl (C=O) groups is 2. The van der Waals surface area contributed by atoms with Crippen molar-refractivity contribution in [2.75, 3.05) is 21.0 Å². The van der Waals surface area contributed by atoms with Gasteiger partial charge in [0.25, 0.3) is 5.91 Å². The third-order valence-corrected chi connectivity index (χ3v) is 5.10. The van der Waals surface area contributed by atoms with Crippen LogP contribution in [0.1, 0.15) is 42.7 Å². The monoisotopic (exact) mass is 428 g/mol. The summed E-state index contributed by atoms with van der Waals surface area (Å²) in [5.41, 5.74) is 1.22. The molecule has 0 bridgehead atoms. The van der Waals surface area contributed by atoms with E-state index in [1.807, 2.05) is 39.0 Å². The summed E-state index contributed by atoms with van der Waals surface area (Å²) in [4.78, 5) is 25.8. The number of nitrogens with one attached hydrogen (secondary N) is 2. The maximum atomic E-state index is 13.0. The van der Waals surface area contributed by atoms with Gasteiger partial charge in [-0.05, 0) is 42.7 Å². The molecule has 0 radical (unpaired) electrons. The van der Waals surface area contributed by atoms with Gasteiger partial charge in [0.05, 0.1) is 20.3 Å². The number of amides is 2. The van der Waals surface area contributed by atoms with E-state index in [0.717, 1.165) is 5.56 Å². The highest BCUT2D eigenvalue weighted by Crippen LogP contribution is 2.34. The molecule has 166 valence electrons. The molecule has 8 nitrogen and oxygen atoms in total. The van der Waals surface area contributed by atoms with Crippen LogP contribution >= 0.6 is 0 Å². The van der Waals surface area contributed by atoms with Gasteiger partial charge in [0.2, 0.25) is 12.7 Å². The number of hydrogen-bond donors (Lipinski definition) is 2. The zero-order chi connectivity index (χ0) is 22.5. The summed E-state index contributed by atoms with van der Waals surface area (Å²) < 4.78 is 21.2. The van der Waals surface area contributed by atoms with Crippen molar-refractivity contribution in [1.82, 2.24) is 10.6 Å². The second-order valence-electron chi connectivity index (χ2n) is 7.64. The summed E-state index contributed by atoms with van der Waals surface area (Å²) in [7, 11) is 3.02. The van der Waals surface area contributed by atoms with Crippen LogP contribution in [0.25, 0.3) is 0 Å². The molecule has 0 saturated heterocycles. The molecule has 3 rings (SSSR count). The molecule has 0 aliphatic carbocycles. The largest absolute Gasteiger partial charge is 0.497 e. The highest BCUT2D eigenvalue weighted by atomic mass is 16.7. The van der Waals surface area contributed by atoms with Crippen molar-refractivity contribution in [2.45, 2.75) is 32.9 Å². The van der Waals surface area contributed by atoms with E-state index in [2.05, 4.69) is 10.6 Å². The highest BCUT2D eigenvalue weighted by molar-refractivity contribution is 5.98. The van der Waals surface area contributed by atoms with E-state index in [0.29, 0.717) is 28.6 Å². The second-order valence-corrected chi connectivity index (χ2v) is 7.64. The summed E-state index contributed by atoms with van der Waals surface area (Å²) in [5.74, 6) is 1.53. The van der Waals surface area contributed by atoms with Crippen molar-refractivity contribution in [3.8, 4) is 23.0 Å². The summed E-state index contributed by atoms with van der Waals surface area (Å²) >= 11 is 0. The molecule has 31 heavy (non-hydrogen) atoms. The Morgan fingerprint density at radius 2 is 1.55 bits per heavy atom. The molecular weight excluding hydrogens is 400 g/mol. The molecule has 2 atom stereocenters. The molecule has 1 heterocycles. The van der Waals surface area contributed by atoms with Crippen LogP contribution in [-0.4, -0.2) is 38.9 Å². The molecule has 0 fully saturated rings. The van der Waals surface area contributed by atoms with E-state index in [4.69, 9.17) is 18.9 Å². The van der Waals surface area contributed by atoms with Crippen LogP contribution < -0.4 is 29.6 Å². The third-order valence-electron chi connectivity index (χ3n) is 5.10. The molecular formula is C23H28N2O6. The minimum Gasteiger partial charge on any atom is -0.497 e. The van der Waals surface area contributed by atoms with E-state index in [1.54, 1.807) is 18.2 Å². The lowest BCUT2D eigenvalue weighted by atomic mass is 10.0. The Kier molecular flexibility index (Phi) is 6.89. The molecule has 2 aromatic carbocycles. The number of hydrogen-bond acceptors (Lipinski definition) is 6. The molecule has 0 saturated carbocycles. The van der Waals surface area contributed by atoms with Crippen molar-refractivity contribution >= 4 is 11.8 Å². The minimum absolute atomic E-state index is 0.125. The van der Waals surface area contributed by atoms with Crippen molar-refractivity contribution in [3.05, 3.63) is 47.5 Å². The predicted molar refractivity (Wildman–Crippen MR) is 115 cm³/mol. The van der Waals surface area contributed by atoms with Crippen LogP contribution in [0.5, 0.6) is 23.0 Å². The lowest BCUT2D eigenvalue weighted by Crippen LogP contribution is -2.50. The Hall–Kier alpha value is -3.42. The van der Waals surface area contributed by atoms with E-state index in [-0.39, 0.29) is 30.6 Å². The number of ether oxygens (including phenoxy) is 4. The molecule has 0 spiro atoms. The van der Waals surface area contributed by atoms with E-state index in [9.17, 15) is 9.59 Å². The number of fused-ring (bicyclic) bond motifs is 1.